The molecule has 6 heteroatoms. The van der Waals surface area contributed by atoms with Gasteiger partial charge in [0.1, 0.15) is 5.82 Å². The minimum atomic E-state index is -0.204. The van der Waals surface area contributed by atoms with E-state index in [2.05, 4.69) is 20.8 Å². The van der Waals surface area contributed by atoms with Crippen molar-refractivity contribution in [2.75, 3.05) is 0 Å². The van der Waals surface area contributed by atoms with Gasteiger partial charge in [-0.15, -0.1) is 5.10 Å². The molecule has 100 valence electrons. The molecule has 1 heterocycles. The molecule has 0 unspecified atom stereocenters. The van der Waals surface area contributed by atoms with Crippen LogP contribution in [0.4, 0.5) is 4.39 Å². The lowest BCUT2D eigenvalue weighted by Crippen LogP contribution is -2.19. The summed E-state index contributed by atoms with van der Waals surface area (Å²) in [6.45, 7) is 1.36. The van der Waals surface area contributed by atoms with Gasteiger partial charge in [0.05, 0.1) is 6.54 Å². The fourth-order valence-corrected chi connectivity index (χ4v) is 1.97. The number of nitrogens with one attached hydrogen (secondary N) is 1. The highest BCUT2D eigenvalue weighted by atomic mass is 19.1. The van der Waals surface area contributed by atoms with Gasteiger partial charge in [0.2, 0.25) is 0 Å². The van der Waals surface area contributed by atoms with E-state index in [0.29, 0.717) is 19.1 Å². The summed E-state index contributed by atoms with van der Waals surface area (Å²) in [6.07, 6.45) is 3.20. The molecule has 0 aliphatic heterocycles. The third-order valence-electron chi connectivity index (χ3n) is 3.23. The summed E-state index contributed by atoms with van der Waals surface area (Å²) < 4.78 is 14.8. The summed E-state index contributed by atoms with van der Waals surface area (Å²) in [5.41, 5.74) is 0.955. The second-order valence-corrected chi connectivity index (χ2v) is 4.85. The van der Waals surface area contributed by atoms with Crippen molar-refractivity contribution in [1.82, 2.24) is 25.5 Å². The largest absolute Gasteiger partial charge is 0.307 e. The fourth-order valence-electron chi connectivity index (χ4n) is 1.97. The van der Waals surface area contributed by atoms with E-state index in [4.69, 9.17) is 0 Å². The van der Waals surface area contributed by atoms with Gasteiger partial charge >= 0.3 is 0 Å². The van der Waals surface area contributed by atoms with Crippen LogP contribution in [0.2, 0.25) is 0 Å². The predicted molar refractivity (Wildman–Crippen MR) is 67.8 cm³/mol. The van der Waals surface area contributed by atoms with Gasteiger partial charge in [-0.25, -0.2) is 9.07 Å². The Labute approximate surface area is 110 Å². The first-order valence-electron chi connectivity index (χ1n) is 6.54. The minimum Gasteiger partial charge on any atom is -0.307 e. The Hall–Kier alpha value is -1.82. The van der Waals surface area contributed by atoms with Crippen molar-refractivity contribution < 1.29 is 4.39 Å². The molecular weight excluding hydrogens is 245 g/mol. The molecule has 2 aromatic rings. The maximum Gasteiger partial charge on any atom is 0.165 e. The molecule has 0 atom stereocenters. The van der Waals surface area contributed by atoms with E-state index >= 15 is 0 Å². The topological polar surface area (TPSA) is 55.6 Å². The van der Waals surface area contributed by atoms with Crippen LogP contribution >= 0.6 is 0 Å². The number of tetrazole rings is 1. The molecule has 1 aliphatic carbocycles. The fraction of sp³-hybridized carbons (Fsp3) is 0.462. The van der Waals surface area contributed by atoms with Crippen LogP contribution in [0.5, 0.6) is 0 Å². The third-order valence-corrected chi connectivity index (χ3v) is 3.23. The second kappa shape index (κ2) is 5.44. The Kier molecular flexibility index (Phi) is 3.50. The first kappa shape index (κ1) is 12.2. The molecule has 1 aliphatic rings. The van der Waals surface area contributed by atoms with Crippen LogP contribution in [0.15, 0.2) is 24.3 Å². The van der Waals surface area contributed by atoms with E-state index in [1.165, 1.54) is 18.9 Å². The molecule has 1 fully saturated rings. The summed E-state index contributed by atoms with van der Waals surface area (Å²) in [5, 5.41) is 15.1. The smallest absolute Gasteiger partial charge is 0.165 e. The number of hydrogen-bond acceptors (Lipinski definition) is 4. The first-order chi connectivity index (χ1) is 9.31. The van der Waals surface area contributed by atoms with E-state index in [0.717, 1.165) is 17.8 Å². The molecule has 0 spiro atoms. The molecule has 1 saturated carbocycles. The van der Waals surface area contributed by atoms with Gasteiger partial charge in [0.25, 0.3) is 0 Å². The van der Waals surface area contributed by atoms with Crippen LogP contribution in [-0.2, 0) is 19.5 Å². The zero-order valence-electron chi connectivity index (χ0n) is 10.6. The van der Waals surface area contributed by atoms with Crippen molar-refractivity contribution in [3.05, 3.63) is 41.5 Å². The molecule has 0 radical (unpaired) electrons. The molecule has 1 N–H and O–H groups in total. The predicted octanol–water partition coefficient (Wildman–Crippen LogP) is 1.31. The number of nitrogens with zero attached hydrogens (tertiary/aromatic N) is 4. The number of hydrogen-bond donors (Lipinski definition) is 1. The van der Waals surface area contributed by atoms with Crippen molar-refractivity contribution in [3.8, 4) is 0 Å². The third kappa shape index (κ3) is 3.35. The van der Waals surface area contributed by atoms with Crippen LogP contribution < -0.4 is 5.32 Å². The van der Waals surface area contributed by atoms with Crippen LogP contribution in [0.1, 0.15) is 24.2 Å². The molecule has 0 bridgehead atoms. The quantitative estimate of drug-likeness (QED) is 0.851. The highest BCUT2D eigenvalue weighted by Gasteiger charge is 2.21. The van der Waals surface area contributed by atoms with Gasteiger partial charge in [-0.05, 0) is 47.4 Å². The average molecular weight is 261 g/mol. The molecule has 5 nitrogen and oxygen atoms in total. The lowest BCUT2D eigenvalue weighted by Gasteiger charge is -2.05. The van der Waals surface area contributed by atoms with Crippen molar-refractivity contribution in [1.29, 1.82) is 0 Å². The van der Waals surface area contributed by atoms with Crippen molar-refractivity contribution in [2.45, 2.75) is 38.4 Å². The molecule has 1 aromatic heterocycles. The highest BCUT2D eigenvalue weighted by Crippen LogP contribution is 2.18. The zero-order valence-corrected chi connectivity index (χ0v) is 10.6. The van der Waals surface area contributed by atoms with Crippen LogP contribution in [0.25, 0.3) is 0 Å². The Morgan fingerprint density at radius 1 is 1.37 bits per heavy atom. The van der Waals surface area contributed by atoms with E-state index < -0.39 is 0 Å². The number of aryl methyl sites for hydroxylation is 2. The minimum absolute atomic E-state index is 0.204. The van der Waals surface area contributed by atoms with Gasteiger partial charge < -0.3 is 5.32 Å². The maximum absolute atomic E-state index is 13.1. The van der Waals surface area contributed by atoms with Crippen molar-refractivity contribution in [3.63, 3.8) is 0 Å². The number of rotatable bonds is 6. The summed E-state index contributed by atoms with van der Waals surface area (Å²) >= 11 is 0. The average Bonchev–Trinajstić information content (AvgIpc) is 3.13. The summed E-state index contributed by atoms with van der Waals surface area (Å²) in [7, 11) is 0. The normalized spacial score (nSPS) is 14.8. The van der Waals surface area contributed by atoms with Gasteiger partial charge in [0.15, 0.2) is 5.82 Å². The Bertz CT molecular complexity index is 549. The van der Waals surface area contributed by atoms with Gasteiger partial charge in [0, 0.05) is 12.6 Å². The van der Waals surface area contributed by atoms with Gasteiger partial charge in [-0.3, -0.25) is 0 Å². The van der Waals surface area contributed by atoms with E-state index in [-0.39, 0.29) is 5.82 Å². The lowest BCUT2D eigenvalue weighted by atomic mass is 10.1. The second-order valence-electron chi connectivity index (χ2n) is 4.85. The van der Waals surface area contributed by atoms with Crippen LogP contribution in [-0.4, -0.2) is 26.2 Å². The number of halogens is 1. The van der Waals surface area contributed by atoms with Gasteiger partial charge in [-0.1, -0.05) is 12.1 Å². The van der Waals surface area contributed by atoms with Crippen molar-refractivity contribution in [2.24, 2.45) is 0 Å². The van der Waals surface area contributed by atoms with E-state index in [1.807, 2.05) is 6.07 Å². The summed E-state index contributed by atoms with van der Waals surface area (Å²) in [6, 6.07) is 7.27. The number of benzene rings is 1. The van der Waals surface area contributed by atoms with Crippen molar-refractivity contribution >= 4 is 0 Å². The van der Waals surface area contributed by atoms with Gasteiger partial charge in [-0.2, -0.15) is 0 Å². The summed E-state index contributed by atoms with van der Waals surface area (Å²) in [4.78, 5) is 0. The Morgan fingerprint density at radius 3 is 3.05 bits per heavy atom. The zero-order chi connectivity index (χ0) is 13.1. The molecule has 3 rings (SSSR count). The first-order valence-corrected chi connectivity index (χ1v) is 6.54. The Morgan fingerprint density at radius 2 is 2.26 bits per heavy atom. The molecule has 0 amide bonds. The molecular formula is C13H16FN5. The Balaban J connectivity index is 1.58. The monoisotopic (exact) mass is 261 g/mol. The van der Waals surface area contributed by atoms with E-state index in [1.54, 1.807) is 16.8 Å². The summed E-state index contributed by atoms with van der Waals surface area (Å²) in [5.74, 6) is 0.633. The lowest BCUT2D eigenvalue weighted by molar-refractivity contribution is 0.539. The molecule has 0 saturated heterocycles. The number of aromatic nitrogens is 4. The van der Waals surface area contributed by atoms with E-state index in [9.17, 15) is 4.39 Å². The highest BCUT2D eigenvalue weighted by molar-refractivity contribution is 5.16. The SMILES string of the molecule is Fc1cccc(CCn2nnnc2CNC2CC2)c1. The standard InChI is InChI=1S/C13H16FN5/c14-11-3-1-2-10(8-11)6-7-19-13(16-17-18-19)9-15-12-4-5-12/h1-3,8,12,15H,4-7,9H2. The molecule has 1 aromatic carbocycles. The van der Waals surface area contributed by atoms with Crippen LogP contribution in [0, 0.1) is 5.82 Å². The maximum atomic E-state index is 13.1. The molecule has 19 heavy (non-hydrogen) atoms. The van der Waals surface area contributed by atoms with Crippen LogP contribution in [0.3, 0.4) is 0 Å².